The number of rotatable bonds is 2. The van der Waals surface area contributed by atoms with E-state index in [-0.39, 0.29) is 12.4 Å². The zero-order valence-corrected chi connectivity index (χ0v) is 12.4. The molecule has 5 nitrogen and oxygen atoms in total. The molecule has 0 spiro atoms. The van der Waals surface area contributed by atoms with Crippen molar-refractivity contribution in [3.63, 3.8) is 0 Å². The maximum Gasteiger partial charge on any atom is 0.172 e. The van der Waals surface area contributed by atoms with E-state index in [1.165, 1.54) is 6.42 Å². The fraction of sp³-hybridized carbons (Fsp3) is 0.429. The second-order valence-electron chi connectivity index (χ2n) is 5.03. The molecule has 1 aliphatic rings. The lowest BCUT2D eigenvalue weighted by molar-refractivity contribution is 0.443. The van der Waals surface area contributed by atoms with Crippen molar-refractivity contribution in [1.29, 1.82) is 0 Å². The van der Waals surface area contributed by atoms with E-state index in [1.807, 2.05) is 31.3 Å². The van der Waals surface area contributed by atoms with Crippen LogP contribution >= 0.6 is 12.4 Å². The van der Waals surface area contributed by atoms with Gasteiger partial charge in [0.25, 0.3) is 0 Å². The number of nitrogens with one attached hydrogen (secondary N) is 1. The highest BCUT2D eigenvalue weighted by Gasteiger charge is 2.21. The second kappa shape index (κ2) is 6.24. The van der Waals surface area contributed by atoms with Gasteiger partial charge in [0, 0.05) is 19.6 Å². The minimum Gasteiger partial charge on any atom is -0.381 e. The standard InChI is InChI=1S/C14H19N5.ClH/c1-19(10-5-4-8-16-9-10)14-13(15)17-11-6-2-3-7-12(11)18-14;/h2-3,6-7,10,16H,4-5,8-9H2,1H3,(H2,15,17);1H/t10-;/m0./s1. The summed E-state index contributed by atoms with van der Waals surface area (Å²) in [5.41, 5.74) is 7.80. The number of fused-ring (bicyclic) bond motifs is 1. The van der Waals surface area contributed by atoms with Crippen molar-refractivity contribution >= 4 is 35.1 Å². The molecule has 1 aliphatic heterocycles. The van der Waals surface area contributed by atoms with Crippen molar-refractivity contribution in [3.05, 3.63) is 24.3 Å². The lowest BCUT2D eigenvalue weighted by Crippen LogP contribution is -2.44. The molecule has 0 saturated carbocycles. The van der Waals surface area contributed by atoms with Crippen molar-refractivity contribution in [1.82, 2.24) is 15.3 Å². The Morgan fingerprint density at radius 3 is 2.60 bits per heavy atom. The van der Waals surface area contributed by atoms with Gasteiger partial charge in [0.15, 0.2) is 11.6 Å². The van der Waals surface area contributed by atoms with Crippen LogP contribution < -0.4 is 16.0 Å². The number of hydrogen-bond donors (Lipinski definition) is 2. The molecular formula is C14H20ClN5. The van der Waals surface area contributed by atoms with Gasteiger partial charge in [0.2, 0.25) is 0 Å². The van der Waals surface area contributed by atoms with Crippen molar-refractivity contribution in [2.45, 2.75) is 18.9 Å². The Hall–Kier alpha value is -1.59. The largest absolute Gasteiger partial charge is 0.381 e. The molecule has 0 radical (unpaired) electrons. The van der Waals surface area contributed by atoms with Gasteiger partial charge in [-0.3, -0.25) is 0 Å². The topological polar surface area (TPSA) is 67.1 Å². The van der Waals surface area contributed by atoms with Gasteiger partial charge in [-0.15, -0.1) is 12.4 Å². The summed E-state index contributed by atoms with van der Waals surface area (Å²) in [6.45, 7) is 2.08. The van der Waals surface area contributed by atoms with E-state index in [0.29, 0.717) is 11.9 Å². The van der Waals surface area contributed by atoms with Gasteiger partial charge >= 0.3 is 0 Å². The van der Waals surface area contributed by atoms with E-state index in [2.05, 4.69) is 20.2 Å². The minimum absolute atomic E-state index is 0. The van der Waals surface area contributed by atoms with E-state index in [9.17, 15) is 0 Å². The number of halogens is 1. The molecule has 0 bridgehead atoms. The smallest absolute Gasteiger partial charge is 0.172 e. The molecule has 0 amide bonds. The number of piperidine rings is 1. The van der Waals surface area contributed by atoms with Crippen LogP contribution in [0.3, 0.4) is 0 Å². The Morgan fingerprint density at radius 1 is 1.25 bits per heavy atom. The highest BCUT2D eigenvalue weighted by Crippen LogP contribution is 2.24. The Kier molecular flexibility index (Phi) is 4.62. The molecule has 1 saturated heterocycles. The van der Waals surface area contributed by atoms with E-state index in [0.717, 1.165) is 36.4 Å². The van der Waals surface area contributed by atoms with E-state index < -0.39 is 0 Å². The fourth-order valence-corrected chi connectivity index (χ4v) is 2.60. The normalized spacial score (nSPS) is 18.6. The monoisotopic (exact) mass is 293 g/mol. The molecule has 1 aromatic heterocycles. The molecule has 1 fully saturated rings. The highest BCUT2D eigenvalue weighted by molar-refractivity contribution is 5.85. The van der Waals surface area contributed by atoms with Crippen molar-refractivity contribution in [2.24, 2.45) is 0 Å². The van der Waals surface area contributed by atoms with Gasteiger partial charge in [-0.25, -0.2) is 9.97 Å². The second-order valence-corrected chi connectivity index (χ2v) is 5.03. The lowest BCUT2D eigenvalue weighted by Gasteiger charge is -2.32. The van der Waals surface area contributed by atoms with Crippen LogP contribution in [0.5, 0.6) is 0 Å². The third-order valence-corrected chi connectivity index (χ3v) is 3.73. The minimum atomic E-state index is 0. The number of anilines is 2. The van der Waals surface area contributed by atoms with Crippen molar-refractivity contribution < 1.29 is 0 Å². The molecule has 1 aromatic carbocycles. The number of nitrogen functional groups attached to an aromatic ring is 1. The first-order valence-electron chi connectivity index (χ1n) is 6.71. The van der Waals surface area contributed by atoms with Crippen LogP contribution in [0.25, 0.3) is 11.0 Å². The summed E-state index contributed by atoms with van der Waals surface area (Å²) < 4.78 is 0. The zero-order chi connectivity index (χ0) is 13.2. The van der Waals surface area contributed by atoms with Gasteiger partial charge in [-0.2, -0.15) is 0 Å². The predicted octanol–water partition coefficient (Wildman–Crippen LogP) is 1.82. The number of likely N-dealkylation sites (N-methyl/N-ethyl adjacent to an activating group) is 1. The summed E-state index contributed by atoms with van der Waals surface area (Å²) in [7, 11) is 2.05. The van der Waals surface area contributed by atoms with Crippen LogP contribution in [0.4, 0.5) is 11.6 Å². The molecule has 2 aromatic rings. The predicted molar refractivity (Wildman–Crippen MR) is 85.5 cm³/mol. The van der Waals surface area contributed by atoms with E-state index >= 15 is 0 Å². The summed E-state index contributed by atoms with van der Waals surface area (Å²) in [6, 6.07) is 8.26. The Labute approximate surface area is 125 Å². The molecule has 0 unspecified atom stereocenters. The lowest BCUT2D eigenvalue weighted by atomic mass is 10.1. The first kappa shape index (κ1) is 14.8. The molecule has 108 valence electrons. The molecule has 20 heavy (non-hydrogen) atoms. The van der Waals surface area contributed by atoms with Gasteiger partial charge < -0.3 is 16.0 Å². The molecule has 2 heterocycles. The first-order valence-corrected chi connectivity index (χ1v) is 6.71. The van der Waals surface area contributed by atoms with Crippen LogP contribution in [0.1, 0.15) is 12.8 Å². The summed E-state index contributed by atoms with van der Waals surface area (Å²) >= 11 is 0. The summed E-state index contributed by atoms with van der Waals surface area (Å²) in [4.78, 5) is 11.3. The zero-order valence-electron chi connectivity index (χ0n) is 11.5. The van der Waals surface area contributed by atoms with Crippen molar-refractivity contribution in [3.8, 4) is 0 Å². The quantitative estimate of drug-likeness (QED) is 0.884. The number of aromatic nitrogens is 2. The van der Waals surface area contributed by atoms with Gasteiger partial charge in [-0.05, 0) is 31.5 Å². The Bertz CT molecular complexity index is 583. The third-order valence-electron chi connectivity index (χ3n) is 3.73. The number of benzene rings is 1. The van der Waals surface area contributed by atoms with Crippen LogP contribution in [0.15, 0.2) is 24.3 Å². The number of nitrogens with zero attached hydrogens (tertiary/aromatic N) is 3. The Morgan fingerprint density at radius 2 is 1.95 bits per heavy atom. The summed E-state index contributed by atoms with van der Waals surface area (Å²) in [5.74, 6) is 1.29. The highest BCUT2D eigenvalue weighted by atomic mass is 35.5. The Balaban J connectivity index is 0.00000147. The molecule has 0 aliphatic carbocycles. The average molecular weight is 294 g/mol. The first-order chi connectivity index (χ1) is 9.25. The van der Waals surface area contributed by atoms with Crippen LogP contribution in [0.2, 0.25) is 0 Å². The molecule has 3 rings (SSSR count). The van der Waals surface area contributed by atoms with Gasteiger partial charge in [0.05, 0.1) is 11.0 Å². The molecule has 1 atom stereocenters. The van der Waals surface area contributed by atoms with Gasteiger partial charge in [0.1, 0.15) is 0 Å². The number of nitrogens with two attached hydrogens (primary N) is 1. The van der Waals surface area contributed by atoms with Crippen molar-refractivity contribution in [2.75, 3.05) is 30.8 Å². The van der Waals surface area contributed by atoms with Gasteiger partial charge in [-0.1, -0.05) is 12.1 Å². The van der Waals surface area contributed by atoms with Crippen LogP contribution in [-0.2, 0) is 0 Å². The number of para-hydroxylation sites is 2. The molecular weight excluding hydrogens is 274 g/mol. The summed E-state index contributed by atoms with van der Waals surface area (Å²) in [6.07, 6.45) is 2.35. The molecule has 3 N–H and O–H groups in total. The van der Waals surface area contributed by atoms with Crippen LogP contribution in [-0.4, -0.2) is 36.1 Å². The average Bonchev–Trinajstić information content (AvgIpc) is 2.47. The maximum absolute atomic E-state index is 6.06. The summed E-state index contributed by atoms with van der Waals surface area (Å²) in [5, 5.41) is 3.41. The van der Waals surface area contributed by atoms with E-state index in [4.69, 9.17) is 5.73 Å². The third kappa shape index (κ3) is 2.78. The van der Waals surface area contributed by atoms with Crippen LogP contribution in [0, 0.1) is 0 Å². The fourth-order valence-electron chi connectivity index (χ4n) is 2.60. The van der Waals surface area contributed by atoms with E-state index in [1.54, 1.807) is 0 Å². The maximum atomic E-state index is 6.06. The molecule has 6 heteroatoms. The number of hydrogen-bond acceptors (Lipinski definition) is 5. The SMILES string of the molecule is CN(c1nc2ccccc2nc1N)[C@H]1CCCNC1.Cl.